The summed E-state index contributed by atoms with van der Waals surface area (Å²) >= 11 is 0. The van der Waals surface area contributed by atoms with Crippen molar-refractivity contribution in [2.24, 2.45) is 7.05 Å². The van der Waals surface area contributed by atoms with Crippen LogP contribution in [0.25, 0.3) is 0 Å². The number of hydrogen-bond acceptors (Lipinski definition) is 4. The number of carbonyl (C=O) groups is 2. The first kappa shape index (κ1) is 16.7. The zero-order valence-corrected chi connectivity index (χ0v) is 14.3. The van der Waals surface area contributed by atoms with E-state index in [1.54, 1.807) is 11.7 Å². The Morgan fingerprint density at radius 1 is 1.12 bits per heavy atom. The van der Waals surface area contributed by atoms with Crippen molar-refractivity contribution in [2.45, 2.75) is 51.0 Å². The fourth-order valence-corrected chi connectivity index (χ4v) is 3.88. The Hall–Kier alpha value is -2.12. The predicted molar refractivity (Wildman–Crippen MR) is 86.9 cm³/mol. The fourth-order valence-electron chi connectivity index (χ4n) is 3.88. The molecule has 0 radical (unpaired) electrons. The standard InChI is InChI=1S/C16H25N5O3/c1-11-5-3-4-8-21(11)16(24)20-9-6-12(7-10-20)14-13(15(22)23)17-18-19(14)2/h11-12H,3-10H2,1-2H3,(H,22,23). The summed E-state index contributed by atoms with van der Waals surface area (Å²) in [4.78, 5) is 27.9. The van der Waals surface area contributed by atoms with Crippen LogP contribution in [0.5, 0.6) is 0 Å². The second kappa shape index (κ2) is 6.78. The van der Waals surface area contributed by atoms with E-state index in [0.717, 1.165) is 32.2 Å². The van der Waals surface area contributed by atoms with Crippen LogP contribution < -0.4 is 0 Å². The van der Waals surface area contributed by atoms with Crippen LogP contribution in [-0.4, -0.2) is 67.6 Å². The van der Waals surface area contributed by atoms with Gasteiger partial charge in [0.1, 0.15) is 0 Å². The third kappa shape index (κ3) is 3.09. The number of aromatic nitrogens is 3. The van der Waals surface area contributed by atoms with Crippen molar-refractivity contribution in [1.29, 1.82) is 0 Å². The highest BCUT2D eigenvalue weighted by Crippen LogP contribution is 2.30. The molecule has 1 aromatic heterocycles. The summed E-state index contributed by atoms with van der Waals surface area (Å²) in [6.45, 7) is 4.26. The molecule has 1 aromatic rings. The zero-order valence-electron chi connectivity index (χ0n) is 14.3. The molecule has 8 heteroatoms. The van der Waals surface area contributed by atoms with E-state index in [1.807, 2.05) is 9.80 Å². The number of carboxylic acids is 1. The lowest BCUT2D eigenvalue weighted by atomic mass is 9.92. The zero-order chi connectivity index (χ0) is 17.3. The molecule has 2 saturated heterocycles. The van der Waals surface area contributed by atoms with Crippen LogP contribution >= 0.6 is 0 Å². The SMILES string of the molecule is CC1CCCCN1C(=O)N1CCC(c2c(C(=O)O)nnn2C)CC1. The number of carboxylic acid groups (broad SMARTS) is 1. The summed E-state index contributed by atoms with van der Waals surface area (Å²) in [5, 5.41) is 16.9. The molecule has 24 heavy (non-hydrogen) atoms. The van der Waals surface area contributed by atoms with E-state index in [1.165, 1.54) is 6.42 Å². The third-order valence-electron chi connectivity index (χ3n) is 5.27. The minimum absolute atomic E-state index is 0.0342. The number of urea groups is 1. The molecule has 0 spiro atoms. The monoisotopic (exact) mass is 335 g/mol. The van der Waals surface area contributed by atoms with Crippen molar-refractivity contribution in [3.63, 3.8) is 0 Å². The summed E-state index contributed by atoms with van der Waals surface area (Å²) in [5.74, 6) is -0.960. The van der Waals surface area contributed by atoms with Crippen LogP contribution in [0.3, 0.4) is 0 Å². The number of aryl methyl sites for hydroxylation is 1. The Kier molecular flexibility index (Phi) is 4.73. The average Bonchev–Trinajstić information content (AvgIpc) is 2.97. The molecule has 1 atom stereocenters. The molecule has 3 rings (SSSR count). The molecule has 0 aromatic carbocycles. The van der Waals surface area contributed by atoms with Gasteiger partial charge in [0.2, 0.25) is 0 Å². The number of likely N-dealkylation sites (tertiary alicyclic amines) is 2. The van der Waals surface area contributed by atoms with Gasteiger partial charge in [-0.05, 0) is 39.0 Å². The summed E-state index contributed by atoms with van der Waals surface area (Å²) in [5.41, 5.74) is 0.702. The van der Waals surface area contributed by atoms with E-state index in [2.05, 4.69) is 17.2 Å². The highest BCUT2D eigenvalue weighted by molar-refractivity contribution is 5.86. The van der Waals surface area contributed by atoms with Crippen LogP contribution in [0.15, 0.2) is 0 Å². The number of carbonyl (C=O) groups excluding carboxylic acids is 1. The Labute approximate surface area is 141 Å². The molecule has 132 valence electrons. The molecule has 2 fully saturated rings. The predicted octanol–water partition coefficient (Wildman–Crippen LogP) is 1.69. The third-order valence-corrected chi connectivity index (χ3v) is 5.27. The van der Waals surface area contributed by atoms with E-state index >= 15 is 0 Å². The van der Waals surface area contributed by atoms with Crippen LogP contribution in [0, 0.1) is 0 Å². The summed E-state index contributed by atoms with van der Waals surface area (Å²) in [6.07, 6.45) is 4.84. The van der Waals surface area contributed by atoms with Crippen LogP contribution in [0.4, 0.5) is 4.79 Å². The van der Waals surface area contributed by atoms with Gasteiger partial charge < -0.3 is 14.9 Å². The van der Waals surface area contributed by atoms with Crippen molar-refractivity contribution in [3.05, 3.63) is 11.4 Å². The quantitative estimate of drug-likeness (QED) is 0.888. The van der Waals surface area contributed by atoms with E-state index in [4.69, 9.17) is 0 Å². The number of piperidine rings is 2. The van der Waals surface area contributed by atoms with Crippen molar-refractivity contribution >= 4 is 12.0 Å². The van der Waals surface area contributed by atoms with Gasteiger partial charge in [-0.3, -0.25) is 4.68 Å². The number of rotatable bonds is 2. The second-order valence-electron chi connectivity index (χ2n) is 6.83. The van der Waals surface area contributed by atoms with Crippen molar-refractivity contribution in [1.82, 2.24) is 24.8 Å². The maximum atomic E-state index is 12.7. The molecular formula is C16H25N5O3. The van der Waals surface area contributed by atoms with E-state index in [9.17, 15) is 14.7 Å². The van der Waals surface area contributed by atoms with Gasteiger partial charge in [-0.1, -0.05) is 5.21 Å². The van der Waals surface area contributed by atoms with Crippen molar-refractivity contribution in [3.8, 4) is 0 Å². The molecule has 1 unspecified atom stereocenters. The van der Waals surface area contributed by atoms with Gasteiger partial charge in [-0.15, -0.1) is 5.10 Å². The minimum Gasteiger partial charge on any atom is -0.476 e. The van der Waals surface area contributed by atoms with E-state index < -0.39 is 5.97 Å². The maximum absolute atomic E-state index is 12.7. The first-order valence-electron chi connectivity index (χ1n) is 8.67. The molecule has 2 amide bonds. The average molecular weight is 335 g/mol. The van der Waals surface area contributed by atoms with E-state index in [0.29, 0.717) is 24.8 Å². The van der Waals surface area contributed by atoms with Gasteiger partial charge in [-0.25, -0.2) is 9.59 Å². The van der Waals surface area contributed by atoms with E-state index in [-0.39, 0.29) is 17.6 Å². The Morgan fingerprint density at radius 2 is 1.83 bits per heavy atom. The summed E-state index contributed by atoms with van der Waals surface area (Å²) in [6, 6.07) is 0.436. The van der Waals surface area contributed by atoms with Crippen LogP contribution in [0.2, 0.25) is 0 Å². The molecule has 2 aliphatic heterocycles. The number of amides is 2. The second-order valence-corrected chi connectivity index (χ2v) is 6.83. The van der Waals surface area contributed by atoms with Gasteiger partial charge >= 0.3 is 12.0 Å². The summed E-state index contributed by atoms with van der Waals surface area (Å²) < 4.78 is 1.55. The highest BCUT2D eigenvalue weighted by Gasteiger charge is 2.33. The highest BCUT2D eigenvalue weighted by atomic mass is 16.4. The van der Waals surface area contributed by atoms with Gasteiger partial charge in [0.15, 0.2) is 5.69 Å². The molecule has 0 bridgehead atoms. The van der Waals surface area contributed by atoms with Gasteiger partial charge in [-0.2, -0.15) is 0 Å². The van der Waals surface area contributed by atoms with Crippen molar-refractivity contribution < 1.29 is 14.7 Å². The molecule has 0 aliphatic carbocycles. The molecule has 2 aliphatic rings. The Bertz CT molecular complexity index is 621. The lowest BCUT2D eigenvalue weighted by Gasteiger charge is -2.40. The fraction of sp³-hybridized carbons (Fsp3) is 0.750. The molecule has 1 N–H and O–H groups in total. The number of aromatic carboxylic acids is 1. The van der Waals surface area contributed by atoms with Gasteiger partial charge in [0.25, 0.3) is 0 Å². The van der Waals surface area contributed by atoms with Gasteiger partial charge in [0.05, 0.1) is 5.69 Å². The molecule has 3 heterocycles. The molecule has 0 saturated carbocycles. The topological polar surface area (TPSA) is 91.6 Å². The first-order chi connectivity index (χ1) is 11.5. The first-order valence-corrected chi connectivity index (χ1v) is 8.67. The maximum Gasteiger partial charge on any atom is 0.358 e. The lowest BCUT2D eigenvalue weighted by Crippen LogP contribution is -2.51. The minimum atomic E-state index is -1.04. The Morgan fingerprint density at radius 3 is 2.46 bits per heavy atom. The van der Waals surface area contributed by atoms with Crippen LogP contribution in [0.1, 0.15) is 61.1 Å². The lowest BCUT2D eigenvalue weighted by molar-refractivity contribution is 0.0686. The normalized spacial score (nSPS) is 22.7. The molecular weight excluding hydrogens is 310 g/mol. The smallest absolute Gasteiger partial charge is 0.358 e. The van der Waals surface area contributed by atoms with Gasteiger partial charge in [0, 0.05) is 38.6 Å². The summed E-state index contributed by atoms with van der Waals surface area (Å²) in [7, 11) is 1.72. The van der Waals surface area contributed by atoms with Crippen molar-refractivity contribution in [2.75, 3.05) is 19.6 Å². The Balaban J connectivity index is 1.65. The molecule has 8 nitrogen and oxygen atoms in total. The number of hydrogen-bond donors (Lipinski definition) is 1. The largest absolute Gasteiger partial charge is 0.476 e. The number of nitrogens with zero attached hydrogens (tertiary/aromatic N) is 5. The van der Waals surface area contributed by atoms with Crippen LogP contribution in [-0.2, 0) is 7.05 Å².